The highest BCUT2D eigenvalue weighted by molar-refractivity contribution is 7.09. The minimum Gasteiger partial charge on any atom is -0.369 e. The van der Waals surface area contributed by atoms with E-state index in [-0.39, 0.29) is 0 Å². The van der Waals surface area contributed by atoms with Gasteiger partial charge >= 0.3 is 0 Å². The van der Waals surface area contributed by atoms with Crippen LogP contribution in [0.15, 0.2) is 17.8 Å². The maximum Gasteiger partial charge on any atom is 0.146 e. The maximum atomic E-state index is 4.44. The van der Waals surface area contributed by atoms with Crippen LogP contribution >= 0.6 is 11.3 Å². The third kappa shape index (κ3) is 4.48. The topological polar surface area (TPSA) is 62.7 Å². The second kappa shape index (κ2) is 7.04. The molecule has 0 amide bonds. The fourth-order valence-electron chi connectivity index (χ4n) is 1.63. The zero-order valence-corrected chi connectivity index (χ0v) is 12.1. The molecular formula is C13H19N5S. The standard InChI is InChI=1S/C13H19N5S/c1-3-5-15-12-7-14-8-13(18-12)16-6-4-11-9-19-10(2)17-11/h7-9H,3-6H2,1-2H3,(H2,15,16,18). The first-order valence-corrected chi connectivity index (χ1v) is 7.36. The molecule has 0 aliphatic carbocycles. The number of aromatic nitrogens is 3. The van der Waals surface area contributed by atoms with E-state index < -0.39 is 0 Å². The summed E-state index contributed by atoms with van der Waals surface area (Å²) < 4.78 is 0. The van der Waals surface area contributed by atoms with E-state index in [0.29, 0.717) is 0 Å². The minimum absolute atomic E-state index is 0.799. The average Bonchev–Trinajstić information content (AvgIpc) is 2.83. The predicted octanol–water partition coefficient (Wildman–Crippen LogP) is 2.72. The molecule has 6 heteroatoms. The summed E-state index contributed by atoms with van der Waals surface area (Å²) in [5.74, 6) is 1.62. The third-order valence-electron chi connectivity index (χ3n) is 2.54. The Bertz CT molecular complexity index is 511. The van der Waals surface area contributed by atoms with Crippen molar-refractivity contribution < 1.29 is 0 Å². The molecule has 2 aromatic heterocycles. The molecule has 2 aromatic rings. The Hall–Kier alpha value is -1.69. The number of aryl methyl sites for hydroxylation is 1. The molecule has 0 aliphatic rings. The smallest absolute Gasteiger partial charge is 0.146 e. The van der Waals surface area contributed by atoms with E-state index in [1.54, 1.807) is 23.7 Å². The molecule has 0 saturated heterocycles. The number of hydrogen-bond donors (Lipinski definition) is 2. The van der Waals surface area contributed by atoms with E-state index in [2.05, 4.69) is 37.9 Å². The van der Waals surface area contributed by atoms with E-state index in [9.17, 15) is 0 Å². The van der Waals surface area contributed by atoms with Gasteiger partial charge in [0.05, 0.1) is 23.1 Å². The molecule has 2 rings (SSSR count). The lowest BCUT2D eigenvalue weighted by Gasteiger charge is -2.07. The molecule has 2 heterocycles. The van der Waals surface area contributed by atoms with Gasteiger partial charge < -0.3 is 10.6 Å². The number of nitrogens with one attached hydrogen (secondary N) is 2. The van der Waals surface area contributed by atoms with Gasteiger partial charge in [-0.25, -0.2) is 9.97 Å². The van der Waals surface area contributed by atoms with Crippen LogP contribution in [0.5, 0.6) is 0 Å². The highest BCUT2D eigenvalue weighted by atomic mass is 32.1. The van der Waals surface area contributed by atoms with Gasteiger partial charge in [-0.2, -0.15) is 0 Å². The summed E-state index contributed by atoms with van der Waals surface area (Å²) in [6.07, 6.45) is 5.45. The Morgan fingerprint density at radius 3 is 2.47 bits per heavy atom. The molecule has 0 aliphatic heterocycles. The van der Waals surface area contributed by atoms with E-state index in [1.165, 1.54) is 0 Å². The van der Waals surface area contributed by atoms with Crippen LogP contribution in [0.4, 0.5) is 11.6 Å². The lowest BCUT2D eigenvalue weighted by Crippen LogP contribution is -2.09. The minimum atomic E-state index is 0.799. The fraction of sp³-hybridized carbons (Fsp3) is 0.462. The zero-order valence-electron chi connectivity index (χ0n) is 11.3. The summed E-state index contributed by atoms with van der Waals surface area (Å²) in [4.78, 5) is 13.0. The monoisotopic (exact) mass is 277 g/mol. The molecule has 0 saturated carbocycles. The van der Waals surface area contributed by atoms with Crippen molar-refractivity contribution in [2.24, 2.45) is 0 Å². The summed E-state index contributed by atoms with van der Waals surface area (Å²) in [7, 11) is 0. The summed E-state index contributed by atoms with van der Waals surface area (Å²) in [6, 6.07) is 0. The Kier molecular flexibility index (Phi) is 5.09. The number of thiazole rings is 1. The summed E-state index contributed by atoms with van der Waals surface area (Å²) in [5.41, 5.74) is 1.13. The quantitative estimate of drug-likeness (QED) is 0.814. The van der Waals surface area contributed by atoms with Gasteiger partial charge in [0.25, 0.3) is 0 Å². The second-order valence-electron chi connectivity index (χ2n) is 4.25. The van der Waals surface area contributed by atoms with Gasteiger partial charge in [-0.3, -0.25) is 4.98 Å². The molecule has 19 heavy (non-hydrogen) atoms. The molecule has 0 atom stereocenters. The molecule has 0 radical (unpaired) electrons. The molecule has 0 spiro atoms. The lowest BCUT2D eigenvalue weighted by molar-refractivity contribution is 0.946. The lowest BCUT2D eigenvalue weighted by atomic mass is 10.3. The molecule has 0 fully saturated rings. The van der Waals surface area contributed by atoms with Crippen molar-refractivity contribution in [3.63, 3.8) is 0 Å². The SMILES string of the molecule is CCCNc1cncc(NCCc2csc(C)n2)n1. The first kappa shape index (κ1) is 13.7. The van der Waals surface area contributed by atoms with Crippen molar-refractivity contribution in [2.45, 2.75) is 26.7 Å². The molecular weight excluding hydrogens is 258 g/mol. The number of nitrogens with zero attached hydrogens (tertiary/aromatic N) is 3. The van der Waals surface area contributed by atoms with Crippen molar-refractivity contribution in [2.75, 3.05) is 23.7 Å². The van der Waals surface area contributed by atoms with E-state index >= 15 is 0 Å². The van der Waals surface area contributed by atoms with Crippen LogP contribution in [0, 0.1) is 6.92 Å². The van der Waals surface area contributed by atoms with Crippen LogP contribution in [0.3, 0.4) is 0 Å². The highest BCUT2D eigenvalue weighted by Crippen LogP contribution is 2.10. The molecule has 102 valence electrons. The zero-order chi connectivity index (χ0) is 13.5. The summed E-state index contributed by atoms with van der Waals surface area (Å²) in [5, 5.41) is 9.70. The second-order valence-corrected chi connectivity index (χ2v) is 5.31. The third-order valence-corrected chi connectivity index (χ3v) is 3.37. The van der Waals surface area contributed by atoms with Gasteiger partial charge in [0.15, 0.2) is 0 Å². The number of anilines is 2. The van der Waals surface area contributed by atoms with Crippen LogP contribution in [0.25, 0.3) is 0 Å². The molecule has 0 bridgehead atoms. The van der Waals surface area contributed by atoms with Gasteiger partial charge in [-0.1, -0.05) is 6.92 Å². The number of hydrogen-bond acceptors (Lipinski definition) is 6. The summed E-state index contributed by atoms with van der Waals surface area (Å²) in [6.45, 7) is 5.87. The van der Waals surface area contributed by atoms with Crippen LogP contribution in [-0.4, -0.2) is 28.0 Å². The van der Waals surface area contributed by atoms with E-state index in [0.717, 1.165) is 48.3 Å². The van der Waals surface area contributed by atoms with Crippen molar-refractivity contribution in [3.05, 3.63) is 28.5 Å². The molecule has 0 unspecified atom stereocenters. The van der Waals surface area contributed by atoms with Crippen molar-refractivity contribution >= 4 is 23.0 Å². The molecule has 2 N–H and O–H groups in total. The predicted molar refractivity (Wildman–Crippen MR) is 79.9 cm³/mol. The first-order valence-electron chi connectivity index (χ1n) is 6.48. The van der Waals surface area contributed by atoms with Crippen LogP contribution < -0.4 is 10.6 Å². The van der Waals surface area contributed by atoms with Gasteiger partial charge in [-0.05, 0) is 13.3 Å². The van der Waals surface area contributed by atoms with E-state index in [4.69, 9.17) is 0 Å². The summed E-state index contributed by atoms with van der Waals surface area (Å²) >= 11 is 1.69. The van der Waals surface area contributed by atoms with Crippen LogP contribution in [-0.2, 0) is 6.42 Å². The fourth-order valence-corrected chi connectivity index (χ4v) is 2.28. The van der Waals surface area contributed by atoms with Crippen LogP contribution in [0.1, 0.15) is 24.0 Å². The van der Waals surface area contributed by atoms with Gasteiger partial charge in [-0.15, -0.1) is 11.3 Å². The normalized spacial score (nSPS) is 10.4. The highest BCUT2D eigenvalue weighted by Gasteiger charge is 2.00. The van der Waals surface area contributed by atoms with Crippen LogP contribution in [0.2, 0.25) is 0 Å². The van der Waals surface area contributed by atoms with Gasteiger partial charge in [0.2, 0.25) is 0 Å². The largest absolute Gasteiger partial charge is 0.369 e. The van der Waals surface area contributed by atoms with Crippen molar-refractivity contribution in [1.29, 1.82) is 0 Å². The molecule has 0 aromatic carbocycles. The first-order chi connectivity index (χ1) is 9.28. The van der Waals surface area contributed by atoms with Gasteiger partial charge in [0, 0.05) is 24.9 Å². The van der Waals surface area contributed by atoms with E-state index in [1.807, 2.05) is 6.92 Å². The maximum absolute atomic E-state index is 4.44. The Balaban J connectivity index is 1.82. The van der Waals surface area contributed by atoms with Gasteiger partial charge in [0.1, 0.15) is 11.6 Å². The molecule has 5 nitrogen and oxygen atoms in total. The Labute approximate surface area is 117 Å². The average molecular weight is 277 g/mol. The number of rotatable bonds is 7. The Morgan fingerprint density at radius 2 is 1.84 bits per heavy atom. The van der Waals surface area contributed by atoms with Crippen molar-refractivity contribution in [3.8, 4) is 0 Å². The van der Waals surface area contributed by atoms with Crippen molar-refractivity contribution in [1.82, 2.24) is 15.0 Å². The Morgan fingerprint density at radius 1 is 1.11 bits per heavy atom.